The van der Waals surface area contributed by atoms with E-state index in [4.69, 9.17) is 0 Å². The van der Waals surface area contributed by atoms with Gasteiger partial charge < -0.3 is 0 Å². The van der Waals surface area contributed by atoms with Crippen molar-refractivity contribution in [2.24, 2.45) is 23.7 Å². The molecule has 0 amide bonds. The van der Waals surface area contributed by atoms with Crippen LogP contribution in [0.25, 0.3) is 0 Å². The van der Waals surface area contributed by atoms with E-state index in [0.717, 1.165) is 23.7 Å². The fraction of sp³-hybridized carbons (Fsp3) is 1.00. The minimum Gasteiger partial charge on any atom is -0.0925 e. The zero-order valence-electron chi connectivity index (χ0n) is 7.22. The Morgan fingerprint density at radius 2 is 2.18 bits per heavy atom. The number of fused-ring (bicyclic) bond motifs is 2. The molecule has 4 unspecified atom stereocenters. The third kappa shape index (κ3) is 1.37. The fourth-order valence-electron chi connectivity index (χ4n) is 3.11. The Bertz CT molecular complexity index is 144. The van der Waals surface area contributed by atoms with Crippen molar-refractivity contribution >= 4 is 15.9 Å². The third-order valence-electron chi connectivity index (χ3n) is 3.77. The molecule has 64 valence electrons. The van der Waals surface area contributed by atoms with Crippen LogP contribution in [0.4, 0.5) is 0 Å². The molecule has 0 spiro atoms. The lowest BCUT2D eigenvalue weighted by Gasteiger charge is -2.26. The van der Waals surface area contributed by atoms with E-state index >= 15 is 0 Å². The third-order valence-corrected chi connectivity index (χ3v) is 4.79. The van der Waals surface area contributed by atoms with E-state index in [-0.39, 0.29) is 0 Å². The Morgan fingerprint density at radius 1 is 1.36 bits per heavy atom. The second-order valence-electron chi connectivity index (χ2n) is 4.47. The smallest absolute Gasteiger partial charge is 0.00597 e. The van der Waals surface area contributed by atoms with Gasteiger partial charge in [0, 0.05) is 5.33 Å². The normalized spacial score (nSPS) is 44.7. The average Bonchev–Trinajstić information content (AvgIpc) is 2.62. The Balaban J connectivity index is 1.96. The number of halogens is 1. The second kappa shape index (κ2) is 3.08. The summed E-state index contributed by atoms with van der Waals surface area (Å²) in [5.41, 5.74) is 0. The molecule has 0 aromatic rings. The van der Waals surface area contributed by atoms with E-state index in [1.165, 1.54) is 24.6 Å². The van der Waals surface area contributed by atoms with Gasteiger partial charge in [-0.3, -0.25) is 0 Å². The summed E-state index contributed by atoms with van der Waals surface area (Å²) in [6.07, 6.45) is 6.17. The van der Waals surface area contributed by atoms with Crippen LogP contribution >= 0.6 is 15.9 Å². The molecule has 2 aliphatic rings. The van der Waals surface area contributed by atoms with Gasteiger partial charge in [-0.25, -0.2) is 0 Å². The highest BCUT2D eigenvalue weighted by atomic mass is 79.9. The summed E-state index contributed by atoms with van der Waals surface area (Å²) in [6.45, 7) is 2.40. The Kier molecular flexibility index (Phi) is 2.27. The molecule has 0 saturated heterocycles. The van der Waals surface area contributed by atoms with E-state index in [2.05, 4.69) is 22.9 Å². The number of rotatable bonds is 2. The van der Waals surface area contributed by atoms with Gasteiger partial charge in [-0.05, 0) is 42.9 Å². The summed E-state index contributed by atoms with van der Waals surface area (Å²) in [4.78, 5) is 0. The Labute approximate surface area is 77.9 Å². The predicted molar refractivity (Wildman–Crippen MR) is 51.9 cm³/mol. The van der Waals surface area contributed by atoms with E-state index in [9.17, 15) is 0 Å². The molecule has 0 aromatic carbocycles. The molecule has 0 aliphatic heterocycles. The molecule has 2 aliphatic carbocycles. The van der Waals surface area contributed by atoms with Crippen LogP contribution in [0.5, 0.6) is 0 Å². The molecule has 0 radical (unpaired) electrons. The zero-order chi connectivity index (χ0) is 7.84. The van der Waals surface area contributed by atoms with E-state index < -0.39 is 0 Å². The Hall–Kier alpha value is 0.480. The van der Waals surface area contributed by atoms with Crippen molar-refractivity contribution in [2.45, 2.75) is 32.6 Å². The summed E-state index contributed by atoms with van der Waals surface area (Å²) in [6, 6.07) is 0. The molecular formula is C10H17Br. The fourth-order valence-corrected chi connectivity index (χ4v) is 3.59. The molecule has 0 heterocycles. The van der Waals surface area contributed by atoms with Crippen LogP contribution < -0.4 is 0 Å². The van der Waals surface area contributed by atoms with Crippen LogP contribution in [0, 0.1) is 23.7 Å². The summed E-state index contributed by atoms with van der Waals surface area (Å²) in [5.74, 6) is 4.21. The Morgan fingerprint density at radius 3 is 2.64 bits per heavy atom. The molecule has 0 nitrogen and oxygen atoms in total. The van der Waals surface area contributed by atoms with Crippen molar-refractivity contribution in [2.75, 3.05) is 5.33 Å². The van der Waals surface area contributed by atoms with Crippen molar-refractivity contribution in [1.29, 1.82) is 0 Å². The average molecular weight is 217 g/mol. The monoisotopic (exact) mass is 216 g/mol. The van der Waals surface area contributed by atoms with Crippen molar-refractivity contribution < 1.29 is 0 Å². The van der Waals surface area contributed by atoms with Gasteiger partial charge in [0.1, 0.15) is 0 Å². The highest BCUT2D eigenvalue weighted by molar-refractivity contribution is 9.09. The van der Waals surface area contributed by atoms with Crippen molar-refractivity contribution in [1.82, 2.24) is 0 Å². The molecule has 1 heteroatoms. The molecule has 2 rings (SSSR count). The number of alkyl halides is 1. The summed E-state index contributed by atoms with van der Waals surface area (Å²) in [7, 11) is 0. The second-order valence-corrected chi connectivity index (χ2v) is 5.12. The van der Waals surface area contributed by atoms with Crippen molar-refractivity contribution in [3.63, 3.8) is 0 Å². The van der Waals surface area contributed by atoms with Crippen LogP contribution in [-0.4, -0.2) is 5.33 Å². The molecule has 2 saturated carbocycles. The molecule has 0 aromatic heterocycles. The van der Waals surface area contributed by atoms with Crippen LogP contribution in [0.15, 0.2) is 0 Å². The van der Waals surface area contributed by atoms with E-state index in [1.54, 1.807) is 6.42 Å². The van der Waals surface area contributed by atoms with Gasteiger partial charge in [0.15, 0.2) is 0 Å². The largest absolute Gasteiger partial charge is 0.0925 e. The SMILES string of the molecule is CC(CBr)C1CC2CCC1C2. The van der Waals surface area contributed by atoms with Crippen LogP contribution in [0.1, 0.15) is 32.6 Å². The first-order valence-corrected chi connectivity index (χ1v) is 5.99. The highest BCUT2D eigenvalue weighted by Gasteiger charge is 2.41. The minimum atomic E-state index is 0.922. The first-order valence-electron chi connectivity index (χ1n) is 4.87. The van der Waals surface area contributed by atoms with Crippen LogP contribution in [0.3, 0.4) is 0 Å². The lowest BCUT2D eigenvalue weighted by Crippen LogP contribution is -2.19. The maximum atomic E-state index is 3.60. The van der Waals surface area contributed by atoms with Crippen LogP contribution in [-0.2, 0) is 0 Å². The maximum Gasteiger partial charge on any atom is 0.00597 e. The van der Waals surface area contributed by atoms with Gasteiger partial charge in [-0.2, -0.15) is 0 Å². The zero-order valence-corrected chi connectivity index (χ0v) is 8.81. The van der Waals surface area contributed by atoms with Crippen LogP contribution in [0.2, 0.25) is 0 Å². The number of hydrogen-bond donors (Lipinski definition) is 0. The van der Waals surface area contributed by atoms with E-state index in [1.807, 2.05) is 0 Å². The van der Waals surface area contributed by atoms with Gasteiger partial charge in [-0.15, -0.1) is 0 Å². The van der Waals surface area contributed by atoms with Gasteiger partial charge in [0.25, 0.3) is 0 Å². The van der Waals surface area contributed by atoms with Crippen molar-refractivity contribution in [3.8, 4) is 0 Å². The first-order chi connectivity index (χ1) is 5.31. The summed E-state index contributed by atoms with van der Waals surface area (Å²) in [5, 5.41) is 1.21. The van der Waals surface area contributed by atoms with Gasteiger partial charge in [-0.1, -0.05) is 29.3 Å². The van der Waals surface area contributed by atoms with E-state index in [0.29, 0.717) is 0 Å². The molecule has 4 atom stereocenters. The minimum absolute atomic E-state index is 0.922. The summed E-state index contributed by atoms with van der Waals surface area (Å²) < 4.78 is 0. The van der Waals surface area contributed by atoms with Gasteiger partial charge >= 0.3 is 0 Å². The lowest BCUT2D eigenvalue weighted by atomic mass is 9.81. The lowest BCUT2D eigenvalue weighted by molar-refractivity contribution is 0.260. The standard InChI is InChI=1S/C10H17Br/c1-7(6-11)10-5-8-2-3-9(10)4-8/h7-10H,2-6H2,1H3. The molecule has 2 bridgehead atoms. The molecular weight excluding hydrogens is 200 g/mol. The quantitative estimate of drug-likeness (QED) is 0.621. The highest BCUT2D eigenvalue weighted by Crippen LogP contribution is 2.51. The van der Waals surface area contributed by atoms with Crippen molar-refractivity contribution in [3.05, 3.63) is 0 Å². The maximum absolute atomic E-state index is 3.60. The van der Waals surface area contributed by atoms with Gasteiger partial charge in [0.2, 0.25) is 0 Å². The first kappa shape index (κ1) is 8.10. The topological polar surface area (TPSA) is 0 Å². The number of hydrogen-bond acceptors (Lipinski definition) is 0. The molecule has 2 fully saturated rings. The predicted octanol–water partition coefficient (Wildman–Crippen LogP) is 3.45. The summed E-state index contributed by atoms with van der Waals surface area (Å²) >= 11 is 3.60. The van der Waals surface area contributed by atoms with Gasteiger partial charge in [0.05, 0.1) is 0 Å². The molecule has 11 heavy (non-hydrogen) atoms. The molecule has 0 N–H and O–H groups in total.